The summed E-state index contributed by atoms with van der Waals surface area (Å²) < 4.78 is 6.07. The summed E-state index contributed by atoms with van der Waals surface area (Å²) in [4.78, 5) is 19.4. The minimum atomic E-state index is -0.0315. The van der Waals surface area contributed by atoms with Crippen LogP contribution in [0.4, 0.5) is 5.82 Å². The normalized spacial score (nSPS) is 13.2. The topological polar surface area (TPSA) is 42.4 Å². The smallest absolute Gasteiger partial charge is 0.260 e. The molecule has 2 aromatic carbocycles. The van der Waals surface area contributed by atoms with Gasteiger partial charge in [-0.2, -0.15) is 0 Å². The van der Waals surface area contributed by atoms with Crippen molar-refractivity contribution in [3.63, 3.8) is 0 Å². The molecule has 0 saturated carbocycles. The number of rotatable bonds is 2. The number of ether oxygens (including phenoxy) is 1. The van der Waals surface area contributed by atoms with Crippen molar-refractivity contribution in [1.29, 1.82) is 0 Å². The fourth-order valence-corrected chi connectivity index (χ4v) is 3.50. The molecule has 1 aliphatic rings. The number of anilines is 1. The standard InChI is InChI=1S/C19H15BrN2O2/c1-24-14-7-6-12-10-13-8-9-22(18(13)21-17(12)11-14)19(23)15-4-2-3-5-16(15)20/h2-7,10-11H,8-9H2,1H3. The first-order chi connectivity index (χ1) is 11.7. The predicted octanol–water partition coefficient (Wildman–Crippen LogP) is 4.21. The second-order valence-corrected chi connectivity index (χ2v) is 6.57. The van der Waals surface area contributed by atoms with E-state index in [1.165, 1.54) is 0 Å². The van der Waals surface area contributed by atoms with Gasteiger partial charge in [0.2, 0.25) is 0 Å². The third-order valence-corrected chi connectivity index (χ3v) is 4.98. The molecule has 0 saturated heterocycles. The Morgan fingerprint density at radius 1 is 1.21 bits per heavy atom. The molecule has 0 fully saturated rings. The van der Waals surface area contributed by atoms with E-state index in [-0.39, 0.29) is 5.91 Å². The van der Waals surface area contributed by atoms with E-state index in [0.29, 0.717) is 12.1 Å². The molecule has 3 aromatic rings. The predicted molar refractivity (Wildman–Crippen MR) is 97.8 cm³/mol. The number of carbonyl (C=O) groups is 1. The minimum Gasteiger partial charge on any atom is -0.497 e. The van der Waals surface area contributed by atoms with Crippen LogP contribution < -0.4 is 9.64 Å². The molecule has 4 nitrogen and oxygen atoms in total. The lowest BCUT2D eigenvalue weighted by atomic mass is 10.1. The van der Waals surface area contributed by atoms with E-state index in [9.17, 15) is 4.79 Å². The van der Waals surface area contributed by atoms with Crippen LogP contribution in [0.15, 0.2) is 53.0 Å². The van der Waals surface area contributed by atoms with Gasteiger partial charge in [-0.3, -0.25) is 9.69 Å². The molecule has 4 rings (SSSR count). The van der Waals surface area contributed by atoms with Crippen molar-refractivity contribution < 1.29 is 9.53 Å². The summed E-state index contributed by atoms with van der Waals surface area (Å²) in [6.07, 6.45) is 0.820. The molecule has 1 aromatic heterocycles. The van der Waals surface area contributed by atoms with Crippen LogP contribution in [0.1, 0.15) is 15.9 Å². The molecule has 24 heavy (non-hydrogen) atoms. The van der Waals surface area contributed by atoms with Gasteiger partial charge in [0.25, 0.3) is 5.91 Å². The van der Waals surface area contributed by atoms with Gasteiger partial charge in [0.05, 0.1) is 18.2 Å². The Bertz CT molecular complexity index is 955. The van der Waals surface area contributed by atoms with E-state index in [4.69, 9.17) is 9.72 Å². The van der Waals surface area contributed by atoms with Crippen LogP contribution >= 0.6 is 15.9 Å². The van der Waals surface area contributed by atoms with Crippen molar-refractivity contribution >= 4 is 38.6 Å². The number of methoxy groups -OCH3 is 1. The highest BCUT2D eigenvalue weighted by molar-refractivity contribution is 9.10. The zero-order valence-corrected chi connectivity index (χ0v) is 14.7. The molecular weight excluding hydrogens is 368 g/mol. The first-order valence-electron chi connectivity index (χ1n) is 7.71. The molecule has 0 atom stereocenters. The fourth-order valence-electron chi connectivity index (χ4n) is 3.04. The fraction of sp³-hybridized carbons (Fsp3) is 0.158. The van der Waals surface area contributed by atoms with Crippen molar-refractivity contribution in [3.05, 3.63) is 64.1 Å². The number of hydrogen-bond donors (Lipinski definition) is 0. The Balaban J connectivity index is 1.79. The van der Waals surface area contributed by atoms with Gasteiger partial charge in [-0.05, 0) is 58.2 Å². The lowest BCUT2D eigenvalue weighted by Crippen LogP contribution is -2.29. The largest absolute Gasteiger partial charge is 0.497 e. The average Bonchev–Trinajstić information content (AvgIpc) is 3.01. The second kappa shape index (κ2) is 5.91. The molecule has 0 bridgehead atoms. The number of fused-ring (bicyclic) bond motifs is 2. The molecule has 1 aliphatic heterocycles. The molecule has 0 radical (unpaired) electrons. The van der Waals surface area contributed by atoms with Crippen molar-refractivity contribution in [2.24, 2.45) is 0 Å². The molecule has 2 heterocycles. The number of halogens is 1. The number of pyridine rings is 1. The van der Waals surface area contributed by atoms with Gasteiger partial charge in [-0.15, -0.1) is 0 Å². The summed E-state index contributed by atoms with van der Waals surface area (Å²) in [6, 6.07) is 15.4. The van der Waals surface area contributed by atoms with E-state index < -0.39 is 0 Å². The number of carbonyl (C=O) groups excluding carboxylic acids is 1. The Hall–Kier alpha value is -2.40. The summed E-state index contributed by atoms with van der Waals surface area (Å²) in [6.45, 7) is 0.649. The third kappa shape index (κ3) is 2.45. The highest BCUT2D eigenvalue weighted by atomic mass is 79.9. The molecule has 1 amide bonds. The van der Waals surface area contributed by atoms with Gasteiger partial charge < -0.3 is 4.74 Å². The minimum absolute atomic E-state index is 0.0315. The van der Waals surface area contributed by atoms with E-state index in [1.807, 2.05) is 42.5 Å². The van der Waals surface area contributed by atoms with Crippen LogP contribution in [0.3, 0.4) is 0 Å². The van der Waals surface area contributed by atoms with Crippen LogP contribution in [0.25, 0.3) is 10.9 Å². The van der Waals surface area contributed by atoms with Crippen LogP contribution in [0.2, 0.25) is 0 Å². The quantitative estimate of drug-likeness (QED) is 0.666. The molecular formula is C19H15BrN2O2. The van der Waals surface area contributed by atoms with Crippen molar-refractivity contribution in [1.82, 2.24) is 4.98 Å². The maximum Gasteiger partial charge on any atom is 0.260 e. The van der Waals surface area contributed by atoms with Gasteiger partial charge in [-0.25, -0.2) is 4.98 Å². The Labute approximate surface area is 148 Å². The summed E-state index contributed by atoms with van der Waals surface area (Å²) in [5, 5.41) is 1.06. The molecule has 5 heteroatoms. The van der Waals surface area contributed by atoms with E-state index in [1.54, 1.807) is 12.0 Å². The maximum absolute atomic E-state index is 12.9. The first-order valence-corrected chi connectivity index (χ1v) is 8.51. The van der Waals surface area contributed by atoms with Crippen LogP contribution in [-0.4, -0.2) is 24.5 Å². The number of nitrogens with zero attached hydrogens (tertiary/aromatic N) is 2. The van der Waals surface area contributed by atoms with Gasteiger partial charge in [0.1, 0.15) is 11.6 Å². The van der Waals surface area contributed by atoms with Gasteiger partial charge in [-0.1, -0.05) is 12.1 Å². The summed E-state index contributed by atoms with van der Waals surface area (Å²) in [5.41, 5.74) is 2.59. The van der Waals surface area contributed by atoms with Crippen molar-refractivity contribution in [3.8, 4) is 5.75 Å². The van der Waals surface area contributed by atoms with E-state index >= 15 is 0 Å². The lowest BCUT2D eigenvalue weighted by molar-refractivity contribution is 0.0988. The molecule has 0 spiro atoms. The maximum atomic E-state index is 12.9. The number of hydrogen-bond acceptors (Lipinski definition) is 3. The van der Waals surface area contributed by atoms with Crippen molar-refractivity contribution in [2.45, 2.75) is 6.42 Å². The summed E-state index contributed by atoms with van der Waals surface area (Å²) >= 11 is 3.46. The van der Waals surface area contributed by atoms with E-state index in [2.05, 4.69) is 22.0 Å². The number of benzene rings is 2. The monoisotopic (exact) mass is 382 g/mol. The Morgan fingerprint density at radius 3 is 2.83 bits per heavy atom. The molecule has 0 unspecified atom stereocenters. The molecule has 0 aliphatic carbocycles. The van der Waals surface area contributed by atoms with Gasteiger partial charge >= 0.3 is 0 Å². The van der Waals surface area contributed by atoms with Crippen molar-refractivity contribution in [2.75, 3.05) is 18.6 Å². The Kier molecular flexibility index (Phi) is 3.73. The highest BCUT2D eigenvalue weighted by Gasteiger charge is 2.28. The van der Waals surface area contributed by atoms with E-state index in [0.717, 1.165) is 38.9 Å². The van der Waals surface area contributed by atoms with Gasteiger partial charge in [0.15, 0.2) is 0 Å². The zero-order valence-electron chi connectivity index (χ0n) is 13.1. The summed E-state index contributed by atoms with van der Waals surface area (Å²) in [7, 11) is 1.64. The van der Waals surface area contributed by atoms with Crippen LogP contribution in [-0.2, 0) is 6.42 Å². The SMILES string of the molecule is COc1ccc2cc3c(nc2c1)N(C(=O)c1ccccc1Br)CC3. The van der Waals surface area contributed by atoms with Crippen LogP contribution in [0, 0.1) is 0 Å². The number of amides is 1. The summed E-state index contributed by atoms with van der Waals surface area (Å²) in [5.74, 6) is 1.48. The zero-order chi connectivity index (χ0) is 16.7. The first kappa shape index (κ1) is 15.1. The Morgan fingerprint density at radius 2 is 2.04 bits per heavy atom. The second-order valence-electron chi connectivity index (χ2n) is 5.72. The molecule has 120 valence electrons. The molecule has 0 N–H and O–H groups in total. The lowest BCUT2D eigenvalue weighted by Gasteiger charge is -2.17. The highest BCUT2D eigenvalue weighted by Crippen LogP contribution is 2.32. The average molecular weight is 383 g/mol. The van der Waals surface area contributed by atoms with Gasteiger partial charge in [0, 0.05) is 22.5 Å². The third-order valence-electron chi connectivity index (χ3n) is 4.29. The number of aromatic nitrogens is 1. The van der Waals surface area contributed by atoms with Crippen LogP contribution in [0.5, 0.6) is 5.75 Å².